The van der Waals surface area contributed by atoms with E-state index in [4.69, 9.17) is 9.41 Å². The SMILES string of the molecule is CCNC(=NCC1(CC(C)C)CCC1)NCCc1nc(-c2ccco2)n[nH]1.I. The molecule has 0 radical (unpaired) electrons. The Morgan fingerprint density at radius 1 is 1.36 bits per heavy atom. The maximum atomic E-state index is 5.33. The number of aromatic amines is 1. The van der Waals surface area contributed by atoms with E-state index >= 15 is 0 Å². The molecular formula is C20H33IN6O. The third kappa shape index (κ3) is 6.22. The molecule has 1 aliphatic carbocycles. The highest BCUT2D eigenvalue weighted by atomic mass is 127. The average Bonchev–Trinajstić information content (AvgIpc) is 3.27. The monoisotopic (exact) mass is 500 g/mol. The minimum atomic E-state index is 0. The number of aromatic nitrogens is 3. The van der Waals surface area contributed by atoms with Gasteiger partial charge >= 0.3 is 0 Å². The lowest BCUT2D eigenvalue weighted by atomic mass is 9.64. The van der Waals surface area contributed by atoms with Gasteiger partial charge in [-0.25, -0.2) is 4.98 Å². The first-order chi connectivity index (χ1) is 13.1. The third-order valence-electron chi connectivity index (χ3n) is 5.10. The number of nitrogens with zero attached hydrogens (tertiary/aromatic N) is 3. The van der Waals surface area contributed by atoms with Crippen molar-refractivity contribution in [3.63, 3.8) is 0 Å². The predicted octanol–water partition coefficient (Wildman–Crippen LogP) is 4.00. The van der Waals surface area contributed by atoms with Crippen LogP contribution in [0.15, 0.2) is 27.8 Å². The van der Waals surface area contributed by atoms with Gasteiger partial charge in [0.1, 0.15) is 5.82 Å². The molecule has 2 heterocycles. The van der Waals surface area contributed by atoms with Gasteiger partial charge in [0.25, 0.3) is 0 Å². The minimum Gasteiger partial charge on any atom is -0.461 e. The third-order valence-corrected chi connectivity index (χ3v) is 5.10. The number of aliphatic imine (C=N–C) groups is 1. The second kappa shape index (κ2) is 10.8. The van der Waals surface area contributed by atoms with Gasteiger partial charge in [0.15, 0.2) is 11.7 Å². The Morgan fingerprint density at radius 3 is 2.79 bits per heavy atom. The van der Waals surface area contributed by atoms with Gasteiger partial charge in [0.2, 0.25) is 5.82 Å². The van der Waals surface area contributed by atoms with E-state index in [2.05, 4.69) is 46.6 Å². The molecule has 2 aromatic heterocycles. The molecular weight excluding hydrogens is 467 g/mol. The van der Waals surface area contributed by atoms with Crippen LogP contribution >= 0.6 is 24.0 Å². The summed E-state index contributed by atoms with van der Waals surface area (Å²) in [6, 6.07) is 3.69. The van der Waals surface area contributed by atoms with Crippen molar-refractivity contribution in [3.8, 4) is 11.6 Å². The number of halogens is 1. The highest BCUT2D eigenvalue weighted by molar-refractivity contribution is 14.0. The number of hydrogen-bond donors (Lipinski definition) is 3. The van der Waals surface area contributed by atoms with Crippen LogP contribution in [-0.4, -0.2) is 40.8 Å². The average molecular weight is 500 g/mol. The number of furan rings is 1. The van der Waals surface area contributed by atoms with Gasteiger partial charge in [-0.1, -0.05) is 20.3 Å². The lowest BCUT2D eigenvalue weighted by Crippen LogP contribution is -2.41. The van der Waals surface area contributed by atoms with Crippen molar-refractivity contribution in [2.45, 2.75) is 52.9 Å². The van der Waals surface area contributed by atoms with E-state index in [1.165, 1.54) is 25.7 Å². The largest absolute Gasteiger partial charge is 0.461 e. The predicted molar refractivity (Wildman–Crippen MR) is 123 cm³/mol. The fraction of sp³-hybridized carbons (Fsp3) is 0.650. The quantitative estimate of drug-likeness (QED) is 0.275. The maximum Gasteiger partial charge on any atom is 0.216 e. The zero-order valence-electron chi connectivity index (χ0n) is 17.1. The molecule has 28 heavy (non-hydrogen) atoms. The highest BCUT2D eigenvalue weighted by Crippen LogP contribution is 2.46. The van der Waals surface area contributed by atoms with E-state index in [1.54, 1.807) is 6.26 Å². The van der Waals surface area contributed by atoms with Gasteiger partial charge in [-0.2, -0.15) is 5.10 Å². The standard InChI is InChI=1S/C20H32N6O.HI/c1-4-21-19(23-14-20(9-6-10-20)13-15(2)3)22-11-8-17-24-18(26-25-17)16-7-5-12-27-16;/h5,7,12,15H,4,6,8-11,13-14H2,1-3H3,(H2,21,22,23)(H,24,25,26);1H. The second-order valence-corrected chi connectivity index (χ2v) is 7.91. The maximum absolute atomic E-state index is 5.33. The summed E-state index contributed by atoms with van der Waals surface area (Å²) in [4.78, 5) is 9.35. The van der Waals surface area contributed by atoms with Crippen LogP contribution in [0.4, 0.5) is 0 Å². The molecule has 1 fully saturated rings. The second-order valence-electron chi connectivity index (χ2n) is 7.91. The van der Waals surface area contributed by atoms with Gasteiger partial charge in [-0.15, -0.1) is 24.0 Å². The van der Waals surface area contributed by atoms with Crippen molar-refractivity contribution in [3.05, 3.63) is 24.2 Å². The van der Waals surface area contributed by atoms with Gasteiger partial charge in [-0.3, -0.25) is 10.1 Å². The molecule has 0 bridgehead atoms. The van der Waals surface area contributed by atoms with E-state index in [0.29, 0.717) is 17.0 Å². The molecule has 1 aliphatic rings. The molecule has 1 saturated carbocycles. The molecule has 0 atom stereocenters. The van der Waals surface area contributed by atoms with Crippen LogP contribution in [0.1, 0.15) is 52.3 Å². The first-order valence-electron chi connectivity index (χ1n) is 10.1. The molecule has 0 spiro atoms. The van der Waals surface area contributed by atoms with Gasteiger partial charge < -0.3 is 15.1 Å². The Kier molecular flexibility index (Phi) is 8.78. The van der Waals surface area contributed by atoms with E-state index in [0.717, 1.165) is 43.8 Å². The molecule has 0 aromatic carbocycles. The summed E-state index contributed by atoms with van der Waals surface area (Å²) in [5, 5.41) is 13.9. The summed E-state index contributed by atoms with van der Waals surface area (Å²) < 4.78 is 5.33. The molecule has 0 saturated heterocycles. The molecule has 156 valence electrons. The van der Waals surface area contributed by atoms with Crippen molar-refractivity contribution >= 4 is 29.9 Å². The summed E-state index contributed by atoms with van der Waals surface area (Å²) >= 11 is 0. The highest BCUT2D eigenvalue weighted by Gasteiger charge is 2.37. The van der Waals surface area contributed by atoms with Crippen LogP contribution in [0.25, 0.3) is 11.6 Å². The van der Waals surface area contributed by atoms with Crippen LogP contribution in [0.2, 0.25) is 0 Å². The lowest BCUT2D eigenvalue weighted by molar-refractivity contribution is 0.111. The van der Waals surface area contributed by atoms with Gasteiger partial charge in [-0.05, 0) is 49.7 Å². The molecule has 2 aromatic rings. The minimum absolute atomic E-state index is 0. The lowest BCUT2D eigenvalue weighted by Gasteiger charge is -2.42. The first kappa shape index (κ1) is 22.7. The summed E-state index contributed by atoms with van der Waals surface area (Å²) in [7, 11) is 0. The smallest absolute Gasteiger partial charge is 0.216 e. The van der Waals surface area contributed by atoms with Gasteiger partial charge in [0, 0.05) is 26.1 Å². The summed E-state index contributed by atoms with van der Waals surface area (Å²) in [5.41, 5.74) is 0.416. The zero-order valence-corrected chi connectivity index (χ0v) is 19.5. The van der Waals surface area contributed by atoms with Crippen molar-refractivity contribution in [2.24, 2.45) is 16.3 Å². The Hall–Kier alpha value is -1.58. The molecule has 0 amide bonds. The fourth-order valence-electron chi connectivity index (χ4n) is 3.78. The van der Waals surface area contributed by atoms with E-state index in [9.17, 15) is 0 Å². The summed E-state index contributed by atoms with van der Waals surface area (Å²) in [6.45, 7) is 9.22. The fourth-order valence-corrected chi connectivity index (χ4v) is 3.78. The topological polar surface area (TPSA) is 91.1 Å². The number of H-pyrrole nitrogens is 1. The molecule has 7 nitrogen and oxygen atoms in total. The molecule has 8 heteroatoms. The van der Waals surface area contributed by atoms with E-state index in [-0.39, 0.29) is 24.0 Å². The van der Waals surface area contributed by atoms with Crippen molar-refractivity contribution in [2.75, 3.05) is 19.6 Å². The van der Waals surface area contributed by atoms with Gasteiger partial charge in [0.05, 0.1) is 6.26 Å². The van der Waals surface area contributed by atoms with Crippen LogP contribution in [0.3, 0.4) is 0 Å². The Morgan fingerprint density at radius 2 is 2.18 bits per heavy atom. The van der Waals surface area contributed by atoms with Crippen LogP contribution in [0, 0.1) is 11.3 Å². The molecule has 3 rings (SSSR count). The Bertz CT molecular complexity index is 721. The van der Waals surface area contributed by atoms with E-state index in [1.807, 2.05) is 12.1 Å². The van der Waals surface area contributed by atoms with Crippen molar-refractivity contribution < 1.29 is 4.42 Å². The summed E-state index contributed by atoms with van der Waals surface area (Å²) in [5.74, 6) is 3.72. The normalized spacial score (nSPS) is 15.8. The Labute approximate surface area is 184 Å². The first-order valence-corrected chi connectivity index (χ1v) is 10.1. The number of nitrogens with one attached hydrogen (secondary N) is 3. The molecule has 0 unspecified atom stereocenters. The summed E-state index contributed by atoms with van der Waals surface area (Å²) in [6.07, 6.45) is 7.60. The zero-order chi connectivity index (χ0) is 19.1. The number of guanidine groups is 1. The van der Waals surface area contributed by atoms with Crippen LogP contribution in [0.5, 0.6) is 0 Å². The molecule has 0 aliphatic heterocycles. The van der Waals surface area contributed by atoms with Crippen molar-refractivity contribution in [1.82, 2.24) is 25.8 Å². The number of hydrogen-bond acceptors (Lipinski definition) is 4. The Balaban J connectivity index is 0.00000280. The van der Waals surface area contributed by atoms with Crippen LogP contribution in [-0.2, 0) is 6.42 Å². The van der Waals surface area contributed by atoms with E-state index < -0.39 is 0 Å². The number of rotatable bonds is 9. The van der Waals surface area contributed by atoms with Crippen molar-refractivity contribution in [1.29, 1.82) is 0 Å². The molecule has 3 N–H and O–H groups in total. The van der Waals surface area contributed by atoms with Crippen LogP contribution < -0.4 is 10.6 Å².